The predicted molar refractivity (Wildman–Crippen MR) is 129 cm³/mol. The van der Waals surface area contributed by atoms with Gasteiger partial charge in [-0.05, 0) is 76.1 Å². The molecule has 8 nitrogen and oxygen atoms in total. The molecule has 0 unspecified atom stereocenters. The molecule has 1 aliphatic heterocycles. The highest BCUT2D eigenvalue weighted by Gasteiger charge is 2.36. The van der Waals surface area contributed by atoms with E-state index >= 15 is 0 Å². The quantitative estimate of drug-likeness (QED) is 0.278. The summed E-state index contributed by atoms with van der Waals surface area (Å²) in [5, 5.41) is 2.55. The fourth-order valence-corrected chi connectivity index (χ4v) is 4.76. The van der Waals surface area contributed by atoms with Crippen LogP contribution in [0.3, 0.4) is 0 Å². The number of imide groups is 2. The van der Waals surface area contributed by atoms with Crippen molar-refractivity contribution in [3.8, 4) is 5.75 Å². The fourth-order valence-electron chi connectivity index (χ4n) is 3.08. The lowest BCUT2D eigenvalue weighted by atomic mass is 10.1. The van der Waals surface area contributed by atoms with Crippen molar-refractivity contribution in [3.63, 3.8) is 0 Å². The van der Waals surface area contributed by atoms with E-state index in [1.807, 2.05) is 0 Å². The molecule has 1 aliphatic rings. The van der Waals surface area contributed by atoms with E-state index in [4.69, 9.17) is 15.8 Å². The van der Waals surface area contributed by atoms with Crippen LogP contribution in [0.1, 0.15) is 5.56 Å². The summed E-state index contributed by atoms with van der Waals surface area (Å²) in [6.07, 6.45) is 1.28. The second-order valence-corrected chi connectivity index (χ2v) is 9.81. The van der Waals surface area contributed by atoms with Crippen molar-refractivity contribution in [2.45, 2.75) is 4.90 Å². The third-order valence-corrected chi connectivity index (χ3v) is 6.80. The molecule has 1 fully saturated rings. The van der Waals surface area contributed by atoms with Crippen molar-refractivity contribution in [2.75, 3.05) is 4.90 Å². The van der Waals surface area contributed by atoms with Gasteiger partial charge in [0.15, 0.2) is 5.75 Å². The van der Waals surface area contributed by atoms with E-state index in [0.717, 1.165) is 4.90 Å². The zero-order chi connectivity index (χ0) is 24.5. The molecule has 0 spiro atoms. The smallest absolute Gasteiger partial charge is 0.339 e. The van der Waals surface area contributed by atoms with E-state index in [1.54, 1.807) is 18.2 Å². The summed E-state index contributed by atoms with van der Waals surface area (Å²) in [5.74, 6) is -1.66. The molecule has 0 atom stereocenters. The minimum absolute atomic E-state index is 0.00970. The standard InChI is InChI=1S/C23H14BrClN2O6S/c24-19-13-14(6-11-20(19)33-34(31,32)17-4-2-1-3-5-17)12-18-21(28)26-23(30)27(22(18)29)16-9-7-15(25)8-10-16/h1-13H,(H,26,28,30)/b18-12+. The molecule has 0 bridgehead atoms. The summed E-state index contributed by atoms with van der Waals surface area (Å²) in [4.78, 5) is 38.4. The molecule has 3 aromatic rings. The molecule has 11 heteroatoms. The summed E-state index contributed by atoms with van der Waals surface area (Å²) in [6, 6.07) is 17.1. The maximum Gasteiger partial charge on any atom is 0.339 e. The van der Waals surface area contributed by atoms with Gasteiger partial charge < -0.3 is 4.18 Å². The zero-order valence-corrected chi connectivity index (χ0v) is 20.2. The third-order valence-electron chi connectivity index (χ3n) is 4.68. The maximum atomic E-state index is 13.0. The zero-order valence-electron chi connectivity index (χ0n) is 17.1. The first-order valence-corrected chi connectivity index (χ1v) is 12.2. The Hall–Kier alpha value is -3.47. The minimum atomic E-state index is -4.06. The van der Waals surface area contributed by atoms with Crippen LogP contribution in [0.25, 0.3) is 6.08 Å². The predicted octanol–water partition coefficient (Wildman–Crippen LogP) is 4.54. The van der Waals surface area contributed by atoms with Crippen LogP contribution in [0.2, 0.25) is 5.02 Å². The number of benzene rings is 3. The molecule has 0 radical (unpaired) electrons. The molecular weight excluding hydrogens is 548 g/mol. The molecule has 4 amide bonds. The number of halogens is 2. The number of carbonyl (C=O) groups is 3. The number of carbonyl (C=O) groups excluding carboxylic acids is 3. The van der Waals surface area contributed by atoms with E-state index in [9.17, 15) is 22.8 Å². The second kappa shape index (κ2) is 9.41. The van der Waals surface area contributed by atoms with Gasteiger partial charge in [0.1, 0.15) is 10.5 Å². The van der Waals surface area contributed by atoms with Gasteiger partial charge in [0.25, 0.3) is 11.8 Å². The molecule has 1 N–H and O–H groups in total. The van der Waals surface area contributed by atoms with Gasteiger partial charge in [-0.15, -0.1) is 0 Å². The van der Waals surface area contributed by atoms with Crippen LogP contribution in [0, 0.1) is 0 Å². The average Bonchev–Trinajstić information content (AvgIpc) is 2.80. The summed E-state index contributed by atoms with van der Waals surface area (Å²) in [5.41, 5.74) is 0.341. The Bertz CT molecular complexity index is 1440. The number of nitrogens with one attached hydrogen (secondary N) is 1. The van der Waals surface area contributed by atoms with Crippen LogP contribution >= 0.6 is 27.5 Å². The number of rotatable bonds is 5. The lowest BCUT2D eigenvalue weighted by Gasteiger charge is -2.26. The summed E-state index contributed by atoms with van der Waals surface area (Å²) < 4.78 is 30.4. The van der Waals surface area contributed by atoms with Gasteiger partial charge >= 0.3 is 16.1 Å². The van der Waals surface area contributed by atoms with Crippen molar-refractivity contribution < 1.29 is 27.0 Å². The number of urea groups is 1. The summed E-state index contributed by atoms with van der Waals surface area (Å²) >= 11 is 9.11. The molecule has 0 saturated carbocycles. The minimum Gasteiger partial charge on any atom is -0.378 e. The van der Waals surface area contributed by atoms with Gasteiger partial charge in [0.05, 0.1) is 10.2 Å². The molecule has 4 rings (SSSR count). The molecular formula is C23H14BrClN2O6S. The first kappa shape index (κ1) is 23.7. The number of amides is 4. The van der Waals surface area contributed by atoms with Crippen molar-refractivity contribution in [1.29, 1.82) is 0 Å². The highest BCUT2D eigenvalue weighted by molar-refractivity contribution is 9.10. The van der Waals surface area contributed by atoms with Crippen LogP contribution < -0.4 is 14.4 Å². The lowest BCUT2D eigenvalue weighted by Crippen LogP contribution is -2.54. The van der Waals surface area contributed by atoms with Crippen molar-refractivity contribution >= 4 is 67.3 Å². The molecule has 3 aromatic carbocycles. The van der Waals surface area contributed by atoms with Gasteiger partial charge in [0, 0.05) is 5.02 Å². The Kier molecular flexibility index (Phi) is 6.56. The Morgan fingerprint density at radius 1 is 0.941 bits per heavy atom. The SMILES string of the molecule is O=C1NC(=O)N(c2ccc(Cl)cc2)C(=O)/C1=C/c1ccc(OS(=O)(=O)c2ccccc2)c(Br)c1. The Balaban J connectivity index is 1.62. The summed E-state index contributed by atoms with van der Waals surface area (Å²) in [7, 11) is -4.06. The van der Waals surface area contributed by atoms with Gasteiger partial charge in [-0.2, -0.15) is 8.42 Å². The molecule has 1 saturated heterocycles. The number of hydrogen-bond donors (Lipinski definition) is 1. The lowest BCUT2D eigenvalue weighted by molar-refractivity contribution is -0.122. The average molecular weight is 562 g/mol. The maximum absolute atomic E-state index is 13.0. The molecule has 34 heavy (non-hydrogen) atoms. The van der Waals surface area contributed by atoms with Crippen LogP contribution in [0.5, 0.6) is 5.75 Å². The highest BCUT2D eigenvalue weighted by atomic mass is 79.9. The van der Waals surface area contributed by atoms with E-state index in [-0.39, 0.29) is 26.4 Å². The summed E-state index contributed by atoms with van der Waals surface area (Å²) in [6.45, 7) is 0. The van der Waals surface area contributed by atoms with Gasteiger partial charge in [-0.3, -0.25) is 14.9 Å². The van der Waals surface area contributed by atoms with E-state index in [0.29, 0.717) is 10.6 Å². The van der Waals surface area contributed by atoms with Crippen LogP contribution in [-0.2, 0) is 19.7 Å². The van der Waals surface area contributed by atoms with Gasteiger partial charge in [-0.1, -0.05) is 35.9 Å². The van der Waals surface area contributed by atoms with Crippen molar-refractivity contribution in [3.05, 3.63) is 93.4 Å². The van der Waals surface area contributed by atoms with E-state index < -0.39 is 28.0 Å². The normalized spacial score (nSPS) is 15.4. The molecule has 172 valence electrons. The fraction of sp³-hybridized carbons (Fsp3) is 0. The van der Waals surface area contributed by atoms with E-state index in [2.05, 4.69) is 21.2 Å². The molecule has 0 aliphatic carbocycles. The number of nitrogens with zero attached hydrogens (tertiary/aromatic N) is 1. The Labute approximate surface area is 208 Å². The number of barbiturate groups is 1. The van der Waals surface area contributed by atoms with Crippen molar-refractivity contribution in [2.24, 2.45) is 0 Å². The van der Waals surface area contributed by atoms with Crippen molar-refractivity contribution in [1.82, 2.24) is 5.32 Å². The number of hydrogen-bond acceptors (Lipinski definition) is 6. The Morgan fingerprint density at radius 3 is 2.26 bits per heavy atom. The first-order chi connectivity index (χ1) is 16.2. The molecule has 1 heterocycles. The topological polar surface area (TPSA) is 110 Å². The second-order valence-electron chi connectivity index (χ2n) is 6.97. The van der Waals surface area contributed by atoms with Crippen LogP contribution in [0.15, 0.2) is 87.7 Å². The first-order valence-electron chi connectivity index (χ1n) is 9.62. The van der Waals surface area contributed by atoms with Crippen LogP contribution in [-0.4, -0.2) is 26.3 Å². The highest BCUT2D eigenvalue weighted by Crippen LogP contribution is 2.30. The molecule has 0 aromatic heterocycles. The largest absolute Gasteiger partial charge is 0.378 e. The van der Waals surface area contributed by atoms with Crippen LogP contribution in [0.4, 0.5) is 10.5 Å². The van der Waals surface area contributed by atoms with Gasteiger partial charge in [-0.25, -0.2) is 9.69 Å². The Morgan fingerprint density at radius 2 is 1.62 bits per heavy atom. The van der Waals surface area contributed by atoms with Gasteiger partial charge in [0.2, 0.25) is 0 Å². The number of anilines is 1. The third kappa shape index (κ3) is 4.89. The monoisotopic (exact) mass is 560 g/mol. The van der Waals surface area contributed by atoms with E-state index in [1.165, 1.54) is 60.7 Å².